The molecule has 1 saturated heterocycles. The zero-order valence-electron chi connectivity index (χ0n) is 16.6. The van der Waals surface area contributed by atoms with Gasteiger partial charge in [0.1, 0.15) is 0 Å². The van der Waals surface area contributed by atoms with Gasteiger partial charge >= 0.3 is 6.18 Å². The summed E-state index contributed by atoms with van der Waals surface area (Å²) in [7, 11) is 0. The number of alkyl halides is 3. The van der Waals surface area contributed by atoms with Gasteiger partial charge in [0.05, 0.1) is 23.5 Å². The number of rotatable bonds is 6. The van der Waals surface area contributed by atoms with E-state index in [4.69, 9.17) is 0 Å². The fourth-order valence-electron chi connectivity index (χ4n) is 3.19. The van der Waals surface area contributed by atoms with Crippen molar-refractivity contribution in [3.05, 3.63) is 48.3 Å². The van der Waals surface area contributed by atoms with Gasteiger partial charge in [-0.25, -0.2) is 9.97 Å². The van der Waals surface area contributed by atoms with Crippen molar-refractivity contribution >= 4 is 29.3 Å². The van der Waals surface area contributed by atoms with Gasteiger partial charge < -0.3 is 10.2 Å². The summed E-state index contributed by atoms with van der Waals surface area (Å²) in [4.78, 5) is 36.5. The van der Waals surface area contributed by atoms with Crippen molar-refractivity contribution < 1.29 is 22.8 Å². The molecule has 0 aliphatic carbocycles. The number of nitrogens with one attached hydrogen (secondary N) is 1. The lowest BCUT2D eigenvalue weighted by atomic mass is 10.1. The van der Waals surface area contributed by atoms with Crippen LogP contribution in [-0.4, -0.2) is 70.1 Å². The molecule has 1 fully saturated rings. The summed E-state index contributed by atoms with van der Waals surface area (Å²) in [6.07, 6.45) is -0.648. The molecule has 166 valence electrons. The maximum Gasteiger partial charge on any atom is 0.418 e. The fourth-order valence-corrected chi connectivity index (χ4v) is 3.89. The molecule has 1 aromatic heterocycles. The number of thioether (sulfide) groups is 1. The summed E-state index contributed by atoms with van der Waals surface area (Å²) in [5.41, 5.74) is -1.14. The molecule has 2 heterocycles. The van der Waals surface area contributed by atoms with Gasteiger partial charge in [-0.1, -0.05) is 23.9 Å². The molecule has 2 amide bonds. The molecule has 0 spiro atoms. The summed E-state index contributed by atoms with van der Waals surface area (Å²) in [6.45, 7) is 2.01. The topological polar surface area (TPSA) is 78.4 Å². The Labute approximate surface area is 182 Å². The van der Waals surface area contributed by atoms with Crippen molar-refractivity contribution in [3.63, 3.8) is 0 Å². The smallest absolute Gasteiger partial charge is 0.341 e. The highest BCUT2D eigenvalue weighted by Gasteiger charge is 2.33. The standard InChI is InChI=1S/C20H22F3N5O2S/c21-20(22,23)15-5-1-2-6-16(15)26-17(29)13-27-9-4-10-28(12-11-27)18(30)14-31-19-24-7-3-8-25-19/h1-3,5-8H,4,9-14H2,(H,26,29). The summed E-state index contributed by atoms with van der Waals surface area (Å²) >= 11 is 1.26. The van der Waals surface area contributed by atoms with Crippen LogP contribution in [0.3, 0.4) is 0 Å². The van der Waals surface area contributed by atoms with E-state index in [-0.39, 0.29) is 23.9 Å². The number of hydrogen-bond donors (Lipinski definition) is 1. The second-order valence-corrected chi connectivity index (χ2v) is 7.86. The number of hydrogen-bond acceptors (Lipinski definition) is 6. The molecule has 0 unspecified atom stereocenters. The van der Waals surface area contributed by atoms with Crippen LogP contribution in [0, 0.1) is 0 Å². The normalized spacial score (nSPS) is 15.4. The minimum atomic E-state index is -4.55. The first-order valence-corrected chi connectivity index (χ1v) is 10.7. The van der Waals surface area contributed by atoms with Crippen LogP contribution in [0.2, 0.25) is 0 Å². The molecule has 1 aliphatic heterocycles. The largest absolute Gasteiger partial charge is 0.418 e. The lowest BCUT2D eigenvalue weighted by Gasteiger charge is -2.22. The minimum Gasteiger partial charge on any atom is -0.341 e. The van der Waals surface area contributed by atoms with Gasteiger partial charge in [0.2, 0.25) is 11.8 Å². The third kappa shape index (κ3) is 6.93. The number of aromatic nitrogens is 2. The highest BCUT2D eigenvalue weighted by atomic mass is 32.2. The van der Waals surface area contributed by atoms with Gasteiger partial charge in [-0.15, -0.1) is 0 Å². The van der Waals surface area contributed by atoms with Crippen LogP contribution in [0.1, 0.15) is 12.0 Å². The van der Waals surface area contributed by atoms with E-state index in [0.717, 1.165) is 6.07 Å². The first kappa shape index (κ1) is 23.0. The van der Waals surface area contributed by atoms with E-state index < -0.39 is 17.6 Å². The van der Waals surface area contributed by atoms with Crippen LogP contribution >= 0.6 is 11.8 Å². The summed E-state index contributed by atoms with van der Waals surface area (Å²) < 4.78 is 39.3. The second kappa shape index (κ2) is 10.6. The number of halogens is 3. The maximum absolute atomic E-state index is 13.1. The average Bonchev–Trinajstić information content (AvgIpc) is 2.98. The quantitative estimate of drug-likeness (QED) is 0.535. The van der Waals surface area contributed by atoms with E-state index in [1.807, 2.05) is 4.90 Å². The number of benzene rings is 1. The maximum atomic E-state index is 13.1. The molecule has 1 N–H and O–H groups in total. The van der Waals surface area contributed by atoms with Gasteiger partial charge in [-0.2, -0.15) is 13.2 Å². The lowest BCUT2D eigenvalue weighted by molar-refractivity contribution is -0.137. The number of carbonyl (C=O) groups excluding carboxylic acids is 2. The van der Waals surface area contributed by atoms with E-state index in [0.29, 0.717) is 37.8 Å². The second-order valence-electron chi connectivity index (χ2n) is 6.92. The molecule has 11 heteroatoms. The predicted octanol–water partition coefficient (Wildman–Crippen LogP) is 2.76. The van der Waals surface area contributed by atoms with Gasteiger partial charge in [0.15, 0.2) is 5.16 Å². The summed E-state index contributed by atoms with van der Waals surface area (Å²) in [6, 6.07) is 6.59. The molecule has 2 aromatic rings. The van der Waals surface area contributed by atoms with Crippen LogP contribution in [0.15, 0.2) is 47.9 Å². The zero-order valence-corrected chi connectivity index (χ0v) is 17.5. The zero-order chi connectivity index (χ0) is 22.3. The molecule has 31 heavy (non-hydrogen) atoms. The highest BCUT2D eigenvalue weighted by molar-refractivity contribution is 7.99. The number of amides is 2. The molecular weight excluding hydrogens is 431 g/mol. The van der Waals surface area contributed by atoms with Crippen LogP contribution in [0.4, 0.5) is 18.9 Å². The summed E-state index contributed by atoms with van der Waals surface area (Å²) in [5.74, 6) is -0.338. The van der Waals surface area contributed by atoms with Gasteiger partial charge in [-0.3, -0.25) is 14.5 Å². The Morgan fingerprint density at radius 1 is 1.03 bits per heavy atom. The van der Waals surface area contributed by atoms with E-state index in [1.165, 1.54) is 30.0 Å². The fraction of sp³-hybridized carbons (Fsp3) is 0.400. The molecule has 0 radical (unpaired) electrons. The Bertz CT molecular complexity index is 898. The number of para-hydroxylation sites is 1. The van der Waals surface area contributed by atoms with Crippen LogP contribution in [0.5, 0.6) is 0 Å². The van der Waals surface area contributed by atoms with Crippen molar-refractivity contribution in [2.75, 3.05) is 43.8 Å². The van der Waals surface area contributed by atoms with Crippen molar-refractivity contribution in [2.24, 2.45) is 0 Å². The predicted molar refractivity (Wildman–Crippen MR) is 110 cm³/mol. The Balaban J connectivity index is 1.49. The number of carbonyl (C=O) groups is 2. The van der Waals surface area contributed by atoms with Gasteiger partial charge in [-0.05, 0) is 24.6 Å². The van der Waals surface area contributed by atoms with Crippen molar-refractivity contribution in [1.82, 2.24) is 19.8 Å². The first-order chi connectivity index (χ1) is 14.8. The average molecular weight is 453 g/mol. The Morgan fingerprint density at radius 3 is 2.52 bits per heavy atom. The molecule has 1 aromatic carbocycles. The van der Waals surface area contributed by atoms with E-state index in [9.17, 15) is 22.8 Å². The highest BCUT2D eigenvalue weighted by Crippen LogP contribution is 2.34. The van der Waals surface area contributed by atoms with E-state index in [2.05, 4.69) is 15.3 Å². The van der Waals surface area contributed by atoms with Crippen molar-refractivity contribution in [2.45, 2.75) is 17.8 Å². The Kier molecular flexibility index (Phi) is 7.85. The number of anilines is 1. The Morgan fingerprint density at radius 2 is 1.77 bits per heavy atom. The minimum absolute atomic E-state index is 0.0390. The summed E-state index contributed by atoms with van der Waals surface area (Å²) in [5, 5.41) is 2.89. The molecule has 0 saturated carbocycles. The first-order valence-electron chi connectivity index (χ1n) is 9.69. The molecule has 3 rings (SSSR count). The SMILES string of the molecule is O=C(CN1CCCN(C(=O)CSc2ncccn2)CC1)Nc1ccccc1C(F)(F)F. The molecule has 0 bridgehead atoms. The number of nitrogens with zero attached hydrogens (tertiary/aromatic N) is 4. The van der Waals surface area contributed by atoms with E-state index >= 15 is 0 Å². The van der Waals surface area contributed by atoms with Crippen LogP contribution < -0.4 is 5.32 Å². The molecule has 1 aliphatic rings. The van der Waals surface area contributed by atoms with Gasteiger partial charge in [0, 0.05) is 38.6 Å². The van der Waals surface area contributed by atoms with Crippen molar-refractivity contribution in [1.29, 1.82) is 0 Å². The molecule has 7 nitrogen and oxygen atoms in total. The van der Waals surface area contributed by atoms with E-state index in [1.54, 1.807) is 23.4 Å². The van der Waals surface area contributed by atoms with Gasteiger partial charge in [0.25, 0.3) is 0 Å². The lowest BCUT2D eigenvalue weighted by Crippen LogP contribution is -2.38. The Hall–Kier alpha value is -2.66. The monoisotopic (exact) mass is 453 g/mol. The molecule has 0 atom stereocenters. The van der Waals surface area contributed by atoms with Crippen molar-refractivity contribution in [3.8, 4) is 0 Å². The third-order valence-electron chi connectivity index (χ3n) is 4.68. The third-order valence-corrected chi connectivity index (χ3v) is 5.54. The van der Waals surface area contributed by atoms with Crippen LogP contribution in [0.25, 0.3) is 0 Å². The van der Waals surface area contributed by atoms with Crippen LogP contribution in [-0.2, 0) is 15.8 Å². The molecular formula is C20H22F3N5O2S.